The van der Waals surface area contributed by atoms with E-state index in [0.29, 0.717) is 25.7 Å². The van der Waals surface area contributed by atoms with Crippen LogP contribution in [0.4, 0.5) is 13.2 Å². The van der Waals surface area contributed by atoms with Gasteiger partial charge in [0.05, 0.1) is 11.7 Å². The molecule has 21 heavy (non-hydrogen) atoms. The van der Waals surface area contributed by atoms with Crippen molar-refractivity contribution in [1.29, 1.82) is 0 Å². The number of hydrogen-bond donors (Lipinski definition) is 1. The number of rotatable bonds is 7. The van der Waals surface area contributed by atoms with Gasteiger partial charge in [-0.3, -0.25) is 0 Å². The summed E-state index contributed by atoms with van der Waals surface area (Å²) < 4.78 is 62.3. The first kappa shape index (κ1) is 18.7. The van der Waals surface area contributed by atoms with Crippen LogP contribution in [0.5, 0.6) is 0 Å². The lowest BCUT2D eigenvalue weighted by atomic mass is 9.74. The minimum atomic E-state index is -4.16. The molecule has 0 saturated heterocycles. The molecule has 0 aliphatic heterocycles. The first-order valence-electron chi connectivity index (χ1n) is 7.65. The fraction of sp³-hybridized carbons (Fsp3) is 1.00. The third-order valence-electron chi connectivity index (χ3n) is 4.54. The van der Waals surface area contributed by atoms with Crippen LogP contribution >= 0.6 is 0 Å². The molecule has 0 aromatic heterocycles. The Bertz CT molecular complexity index is 409. The van der Waals surface area contributed by atoms with Gasteiger partial charge in [0, 0.05) is 11.8 Å². The standard InChI is InChI=1S/C14H26F3NO2S/c1-3-21(19,20)10-6-9-13(18-2)11-7-4-5-8-12(11)14(15,16)17/h11-13,18H,3-10H2,1-2H3. The van der Waals surface area contributed by atoms with Crippen LogP contribution in [-0.4, -0.2) is 39.2 Å². The van der Waals surface area contributed by atoms with Crippen molar-refractivity contribution >= 4 is 9.84 Å². The number of nitrogens with one attached hydrogen (secondary N) is 1. The van der Waals surface area contributed by atoms with Crippen molar-refractivity contribution in [2.75, 3.05) is 18.6 Å². The van der Waals surface area contributed by atoms with Crippen molar-refractivity contribution in [3.63, 3.8) is 0 Å². The Morgan fingerprint density at radius 3 is 2.38 bits per heavy atom. The summed E-state index contributed by atoms with van der Waals surface area (Å²) in [6, 6.07) is -0.260. The van der Waals surface area contributed by atoms with Gasteiger partial charge < -0.3 is 5.32 Å². The van der Waals surface area contributed by atoms with E-state index >= 15 is 0 Å². The van der Waals surface area contributed by atoms with E-state index in [1.54, 1.807) is 14.0 Å². The predicted molar refractivity (Wildman–Crippen MR) is 77.9 cm³/mol. The Labute approximate surface area is 125 Å². The summed E-state index contributed by atoms with van der Waals surface area (Å²) in [4.78, 5) is 0. The summed E-state index contributed by atoms with van der Waals surface area (Å²) in [5.74, 6) is -1.55. The van der Waals surface area contributed by atoms with E-state index in [9.17, 15) is 21.6 Å². The molecule has 0 aromatic rings. The molecule has 3 nitrogen and oxygen atoms in total. The minimum absolute atomic E-state index is 0.0606. The first-order valence-corrected chi connectivity index (χ1v) is 9.47. The van der Waals surface area contributed by atoms with Crippen LogP contribution in [-0.2, 0) is 9.84 Å². The second-order valence-corrected chi connectivity index (χ2v) is 8.34. The zero-order valence-corrected chi connectivity index (χ0v) is 13.6. The lowest BCUT2D eigenvalue weighted by Gasteiger charge is -2.38. The van der Waals surface area contributed by atoms with Crippen molar-refractivity contribution in [3.8, 4) is 0 Å². The van der Waals surface area contributed by atoms with Gasteiger partial charge in [-0.2, -0.15) is 13.2 Å². The number of sulfone groups is 1. The second-order valence-electron chi connectivity index (χ2n) is 5.87. The maximum absolute atomic E-state index is 13.1. The maximum Gasteiger partial charge on any atom is 0.392 e. The molecule has 3 atom stereocenters. The number of hydrogen-bond acceptors (Lipinski definition) is 3. The first-order chi connectivity index (χ1) is 9.71. The fourth-order valence-corrected chi connectivity index (χ4v) is 4.18. The van der Waals surface area contributed by atoms with Gasteiger partial charge >= 0.3 is 6.18 Å². The third-order valence-corrected chi connectivity index (χ3v) is 6.33. The Balaban J connectivity index is 2.64. The Kier molecular flexibility index (Phi) is 6.97. The quantitative estimate of drug-likeness (QED) is 0.780. The summed E-state index contributed by atoms with van der Waals surface area (Å²) in [5.41, 5.74) is 0. The summed E-state index contributed by atoms with van der Waals surface area (Å²) >= 11 is 0. The highest BCUT2D eigenvalue weighted by Gasteiger charge is 2.47. The van der Waals surface area contributed by atoms with E-state index in [1.807, 2.05) is 0 Å². The smallest absolute Gasteiger partial charge is 0.317 e. The largest absolute Gasteiger partial charge is 0.392 e. The van der Waals surface area contributed by atoms with Gasteiger partial charge in [-0.25, -0.2) is 8.42 Å². The normalized spacial score (nSPS) is 25.8. The molecule has 1 N–H and O–H groups in total. The summed E-state index contributed by atoms with van der Waals surface area (Å²) in [7, 11) is -1.38. The molecule has 1 aliphatic rings. The molecule has 3 unspecified atom stereocenters. The molecule has 1 saturated carbocycles. The van der Waals surface area contributed by atoms with E-state index in [4.69, 9.17) is 0 Å². The number of halogens is 3. The van der Waals surface area contributed by atoms with E-state index in [-0.39, 0.29) is 24.0 Å². The van der Waals surface area contributed by atoms with Crippen LogP contribution < -0.4 is 5.32 Å². The van der Waals surface area contributed by atoms with Gasteiger partial charge in [-0.1, -0.05) is 19.8 Å². The Morgan fingerprint density at radius 1 is 1.24 bits per heavy atom. The Hall–Kier alpha value is -0.300. The van der Waals surface area contributed by atoms with Gasteiger partial charge in [0.1, 0.15) is 9.84 Å². The third kappa shape index (κ3) is 5.77. The lowest BCUT2D eigenvalue weighted by Crippen LogP contribution is -2.44. The summed E-state index contributed by atoms with van der Waals surface area (Å²) in [6.07, 6.45) is -1.05. The van der Waals surface area contributed by atoms with Crippen molar-refractivity contribution in [1.82, 2.24) is 5.32 Å². The lowest BCUT2D eigenvalue weighted by molar-refractivity contribution is -0.199. The van der Waals surface area contributed by atoms with Crippen LogP contribution in [0.1, 0.15) is 45.4 Å². The van der Waals surface area contributed by atoms with Gasteiger partial charge in [0.25, 0.3) is 0 Å². The van der Waals surface area contributed by atoms with Crippen molar-refractivity contribution < 1.29 is 21.6 Å². The van der Waals surface area contributed by atoms with Crippen molar-refractivity contribution in [2.24, 2.45) is 11.8 Å². The monoisotopic (exact) mass is 329 g/mol. The Morgan fingerprint density at radius 2 is 1.86 bits per heavy atom. The average molecular weight is 329 g/mol. The number of alkyl halides is 3. The highest BCUT2D eigenvalue weighted by molar-refractivity contribution is 7.91. The molecule has 1 aliphatic carbocycles. The summed E-state index contributed by atoms with van der Waals surface area (Å²) in [6.45, 7) is 1.59. The molecule has 0 heterocycles. The molecule has 0 spiro atoms. The van der Waals surface area contributed by atoms with E-state index < -0.39 is 27.8 Å². The zero-order chi connectivity index (χ0) is 16.1. The molecule has 1 fully saturated rings. The highest BCUT2D eigenvalue weighted by Crippen LogP contribution is 2.43. The SMILES string of the molecule is CCS(=O)(=O)CCCC(NC)C1CCCCC1C(F)(F)F. The van der Waals surface area contributed by atoms with E-state index in [0.717, 1.165) is 6.42 Å². The predicted octanol–water partition coefficient (Wildman–Crippen LogP) is 3.16. The maximum atomic E-state index is 13.1. The molecular weight excluding hydrogens is 303 g/mol. The van der Waals surface area contributed by atoms with Crippen LogP contribution in [0.15, 0.2) is 0 Å². The van der Waals surface area contributed by atoms with Gasteiger partial charge in [0.15, 0.2) is 0 Å². The molecule has 0 bridgehead atoms. The van der Waals surface area contributed by atoms with Crippen LogP contribution in [0.2, 0.25) is 0 Å². The molecule has 1 rings (SSSR count). The second kappa shape index (κ2) is 7.81. The zero-order valence-electron chi connectivity index (χ0n) is 12.7. The molecule has 0 aromatic carbocycles. The molecule has 0 radical (unpaired) electrons. The fourth-order valence-electron chi connectivity index (χ4n) is 3.29. The van der Waals surface area contributed by atoms with Crippen molar-refractivity contribution in [3.05, 3.63) is 0 Å². The molecule has 0 amide bonds. The highest BCUT2D eigenvalue weighted by atomic mass is 32.2. The van der Waals surface area contributed by atoms with Crippen LogP contribution in [0.25, 0.3) is 0 Å². The van der Waals surface area contributed by atoms with Gasteiger partial charge in [0.2, 0.25) is 0 Å². The minimum Gasteiger partial charge on any atom is -0.317 e. The topological polar surface area (TPSA) is 46.2 Å². The average Bonchev–Trinajstić information content (AvgIpc) is 2.43. The van der Waals surface area contributed by atoms with Crippen molar-refractivity contribution in [2.45, 2.75) is 57.7 Å². The van der Waals surface area contributed by atoms with E-state index in [1.165, 1.54) is 0 Å². The van der Waals surface area contributed by atoms with Crippen LogP contribution in [0.3, 0.4) is 0 Å². The van der Waals surface area contributed by atoms with Gasteiger partial charge in [-0.15, -0.1) is 0 Å². The molecule has 7 heteroatoms. The van der Waals surface area contributed by atoms with Crippen LogP contribution in [0, 0.1) is 11.8 Å². The molecular formula is C14H26F3NO2S. The molecule has 126 valence electrons. The van der Waals surface area contributed by atoms with E-state index in [2.05, 4.69) is 5.32 Å². The summed E-state index contributed by atoms with van der Waals surface area (Å²) in [5, 5.41) is 2.98. The van der Waals surface area contributed by atoms with Gasteiger partial charge in [-0.05, 0) is 38.6 Å².